The number of carbonyl (C=O) groups is 1. The number of rotatable bonds is 7. The third kappa shape index (κ3) is 3.98. The molecule has 0 saturated heterocycles. The van der Waals surface area contributed by atoms with Gasteiger partial charge >= 0.3 is 0 Å². The van der Waals surface area contributed by atoms with Crippen LogP contribution >= 0.6 is 0 Å². The quantitative estimate of drug-likeness (QED) is 0.422. The van der Waals surface area contributed by atoms with Gasteiger partial charge in [0.25, 0.3) is 5.91 Å². The van der Waals surface area contributed by atoms with Gasteiger partial charge in [0.1, 0.15) is 11.5 Å². The predicted molar refractivity (Wildman–Crippen MR) is 123 cm³/mol. The molecule has 2 heterocycles. The van der Waals surface area contributed by atoms with Crippen LogP contribution in [0.15, 0.2) is 30.3 Å². The fourth-order valence-electron chi connectivity index (χ4n) is 4.65. The van der Waals surface area contributed by atoms with E-state index in [4.69, 9.17) is 10.5 Å². The maximum atomic E-state index is 13.3. The summed E-state index contributed by atoms with van der Waals surface area (Å²) in [7, 11) is 0. The second kappa shape index (κ2) is 8.70. The number of nitrogens with one attached hydrogen (secondary N) is 2. The number of anilines is 1. The molecule has 0 radical (unpaired) electrons. The molecule has 2 aromatic carbocycles. The lowest BCUT2D eigenvalue weighted by molar-refractivity contribution is 0.0748. The number of phenols is 1. The largest absolute Gasteiger partial charge is 0.507 e. The smallest absolute Gasteiger partial charge is 0.258 e. The molecular formula is C24H29N5O3. The van der Waals surface area contributed by atoms with E-state index in [0.717, 1.165) is 47.3 Å². The van der Waals surface area contributed by atoms with Gasteiger partial charge in [0, 0.05) is 30.6 Å². The molecule has 168 valence electrons. The summed E-state index contributed by atoms with van der Waals surface area (Å²) < 4.78 is 5.74. The molecule has 0 unspecified atom stereocenters. The minimum absolute atomic E-state index is 0.0414. The zero-order valence-electron chi connectivity index (χ0n) is 18.1. The van der Waals surface area contributed by atoms with Gasteiger partial charge in [-0.1, -0.05) is 18.9 Å². The summed E-state index contributed by atoms with van der Waals surface area (Å²) in [5.41, 5.74) is 8.69. The van der Waals surface area contributed by atoms with Crippen LogP contribution in [0, 0.1) is 0 Å². The van der Waals surface area contributed by atoms with E-state index < -0.39 is 0 Å². The molecule has 0 atom stereocenters. The highest BCUT2D eigenvalue weighted by atomic mass is 16.5. The van der Waals surface area contributed by atoms with Crippen molar-refractivity contribution in [3.05, 3.63) is 47.0 Å². The molecule has 1 fully saturated rings. The third-order valence-corrected chi connectivity index (χ3v) is 6.41. The van der Waals surface area contributed by atoms with Crippen molar-refractivity contribution in [2.24, 2.45) is 5.73 Å². The Hall–Kier alpha value is -3.26. The van der Waals surface area contributed by atoms with Crippen molar-refractivity contribution in [2.75, 3.05) is 18.5 Å². The van der Waals surface area contributed by atoms with Crippen LogP contribution in [-0.4, -0.2) is 45.3 Å². The van der Waals surface area contributed by atoms with Crippen LogP contribution < -0.4 is 15.8 Å². The summed E-state index contributed by atoms with van der Waals surface area (Å²) >= 11 is 0. The van der Waals surface area contributed by atoms with Gasteiger partial charge in [0.15, 0.2) is 5.82 Å². The monoisotopic (exact) mass is 435 g/mol. The first-order valence-electron chi connectivity index (χ1n) is 11.3. The molecule has 8 heteroatoms. The Morgan fingerprint density at radius 3 is 2.84 bits per heavy atom. The topological polar surface area (TPSA) is 117 Å². The van der Waals surface area contributed by atoms with Gasteiger partial charge in [-0.15, -0.1) is 0 Å². The maximum absolute atomic E-state index is 13.3. The molecular weight excluding hydrogens is 406 g/mol. The van der Waals surface area contributed by atoms with Gasteiger partial charge in [-0.2, -0.15) is 5.10 Å². The average Bonchev–Trinajstić information content (AvgIpc) is 3.53. The van der Waals surface area contributed by atoms with E-state index in [9.17, 15) is 9.90 Å². The predicted octanol–water partition coefficient (Wildman–Crippen LogP) is 3.51. The van der Waals surface area contributed by atoms with Gasteiger partial charge in [-0.05, 0) is 55.1 Å². The number of hydrogen-bond acceptors (Lipinski definition) is 6. The average molecular weight is 436 g/mol. The summed E-state index contributed by atoms with van der Waals surface area (Å²) in [4.78, 5) is 15.1. The lowest BCUT2D eigenvalue weighted by Crippen LogP contribution is -2.25. The van der Waals surface area contributed by atoms with Crippen molar-refractivity contribution in [1.29, 1.82) is 0 Å². The summed E-state index contributed by atoms with van der Waals surface area (Å²) in [6, 6.07) is 9.66. The number of aromatic hydroxyl groups is 1. The van der Waals surface area contributed by atoms with Crippen LogP contribution in [0.5, 0.6) is 11.5 Å². The van der Waals surface area contributed by atoms with E-state index in [2.05, 4.69) is 15.5 Å². The molecule has 0 spiro atoms. The van der Waals surface area contributed by atoms with Crippen molar-refractivity contribution >= 4 is 22.6 Å². The number of aromatic amines is 1. The molecule has 1 saturated carbocycles. The SMILES string of the molecule is NCCCOc1ccc2c(c1)CN(C(=O)c1cc3c(NC4CCCC4)n[nH]c3cc1O)C2. The Kier molecular flexibility index (Phi) is 5.61. The number of aromatic nitrogens is 2. The Morgan fingerprint density at radius 1 is 1.22 bits per heavy atom. The first-order valence-corrected chi connectivity index (χ1v) is 11.3. The van der Waals surface area contributed by atoms with Crippen LogP contribution in [0.1, 0.15) is 53.6 Å². The van der Waals surface area contributed by atoms with E-state index in [1.807, 2.05) is 18.2 Å². The van der Waals surface area contributed by atoms with Crippen LogP contribution in [0.4, 0.5) is 5.82 Å². The van der Waals surface area contributed by atoms with Crippen molar-refractivity contribution in [1.82, 2.24) is 15.1 Å². The molecule has 2 aliphatic rings. The van der Waals surface area contributed by atoms with Crippen molar-refractivity contribution < 1.29 is 14.6 Å². The zero-order valence-corrected chi connectivity index (χ0v) is 18.1. The third-order valence-electron chi connectivity index (χ3n) is 6.41. The second-order valence-corrected chi connectivity index (χ2v) is 8.70. The molecule has 5 rings (SSSR count). The first kappa shape index (κ1) is 20.6. The van der Waals surface area contributed by atoms with E-state index >= 15 is 0 Å². The second-order valence-electron chi connectivity index (χ2n) is 8.70. The Bertz CT molecular complexity index is 1140. The van der Waals surface area contributed by atoms with Crippen molar-refractivity contribution in [3.63, 3.8) is 0 Å². The summed E-state index contributed by atoms with van der Waals surface area (Å²) in [6.07, 6.45) is 5.50. The highest BCUT2D eigenvalue weighted by molar-refractivity contribution is 6.03. The number of carbonyl (C=O) groups excluding carboxylic acids is 1. The van der Waals surface area contributed by atoms with E-state index in [-0.39, 0.29) is 11.7 Å². The Morgan fingerprint density at radius 2 is 2.03 bits per heavy atom. The maximum Gasteiger partial charge on any atom is 0.258 e. The number of amides is 1. The molecule has 1 aromatic heterocycles. The van der Waals surface area contributed by atoms with Crippen LogP contribution in [0.2, 0.25) is 0 Å². The van der Waals surface area contributed by atoms with Crippen LogP contribution in [-0.2, 0) is 13.1 Å². The summed E-state index contributed by atoms with van der Waals surface area (Å²) in [5.74, 6) is 1.29. The first-order chi connectivity index (χ1) is 15.6. The summed E-state index contributed by atoms with van der Waals surface area (Å²) in [6.45, 7) is 2.16. The van der Waals surface area contributed by atoms with Gasteiger partial charge in [0.2, 0.25) is 0 Å². The lowest BCUT2D eigenvalue weighted by Gasteiger charge is -2.17. The number of fused-ring (bicyclic) bond motifs is 2. The van der Waals surface area contributed by atoms with E-state index in [0.29, 0.717) is 43.4 Å². The molecule has 5 N–H and O–H groups in total. The number of hydrogen-bond donors (Lipinski definition) is 4. The number of nitrogens with zero attached hydrogens (tertiary/aromatic N) is 2. The number of nitrogens with two attached hydrogens (primary N) is 1. The normalized spacial score (nSPS) is 16.0. The number of benzene rings is 2. The van der Waals surface area contributed by atoms with Crippen molar-refractivity contribution in [3.8, 4) is 11.5 Å². The number of phenolic OH excluding ortho intramolecular Hbond substituents is 1. The minimum Gasteiger partial charge on any atom is -0.507 e. The van der Waals surface area contributed by atoms with E-state index in [1.54, 1.807) is 17.0 Å². The van der Waals surface area contributed by atoms with Gasteiger partial charge in [-0.25, -0.2) is 0 Å². The van der Waals surface area contributed by atoms with Gasteiger partial charge < -0.3 is 25.8 Å². The molecule has 3 aromatic rings. The summed E-state index contributed by atoms with van der Waals surface area (Å²) in [5, 5.41) is 22.2. The fourth-order valence-corrected chi connectivity index (χ4v) is 4.65. The molecule has 0 bridgehead atoms. The molecule has 1 aliphatic heterocycles. The van der Waals surface area contributed by atoms with E-state index in [1.165, 1.54) is 12.8 Å². The van der Waals surface area contributed by atoms with Crippen LogP contribution in [0.3, 0.4) is 0 Å². The minimum atomic E-state index is -0.195. The molecule has 1 amide bonds. The molecule has 8 nitrogen and oxygen atoms in total. The lowest BCUT2D eigenvalue weighted by atomic mass is 10.1. The van der Waals surface area contributed by atoms with Crippen molar-refractivity contribution in [2.45, 2.75) is 51.2 Å². The molecule has 1 aliphatic carbocycles. The standard InChI is InChI=1S/C24H29N5O3/c25-8-3-9-32-18-7-6-15-13-29(14-16(15)10-18)24(31)20-11-19-21(12-22(20)30)27-28-23(19)26-17-4-1-2-5-17/h6-7,10-12,17,30H,1-5,8-9,13-14,25H2,(H2,26,27,28). The molecule has 32 heavy (non-hydrogen) atoms. The number of H-pyrrole nitrogens is 1. The number of ether oxygens (including phenoxy) is 1. The van der Waals surface area contributed by atoms with Gasteiger partial charge in [-0.3, -0.25) is 9.89 Å². The highest BCUT2D eigenvalue weighted by Crippen LogP contribution is 2.33. The Labute approximate surface area is 186 Å². The zero-order chi connectivity index (χ0) is 22.1. The Balaban J connectivity index is 1.35. The highest BCUT2D eigenvalue weighted by Gasteiger charge is 2.27. The van der Waals surface area contributed by atoms with Crippen LogP contribution in [0.25, 0.3) is 10.9 Å². The fraction of sp³-hybridized carbons (Fsp3) is 0.417. The van der Waals surface area contributed by atoms with Gasteiger partial charge in [0.05, 0.1) is 17.7 Å².